The summed E-state index contributed by atoms with van der Waals surface area (Å²) in [5, 5.41) is 9.90. The second kappa shape index (κ2) is 12.7. The first-order valence-corrected chi connectivity index (χ1v) is 12.0. The Labute approximate surface area is 210 Å². The maximum atomic E-state index is 12.4. The van der Waals surface area contributed by atoms with Gasteiger partial charge in [-0.2, -0.15) is 5.10 Å². The largest absolute Gasteiger partial charge is 0.492 e. The van der Waals surface area contributed by atoms with Crippen molar-refractivity contribution in [3.05, 3.63) is 72.1 Å². The van der Waals surface area contributed by atoms with Gasteiger partial charge in [0.05, 0.1) is 25.5 Å². The van der Waals surface area contributed by atoms with Crippen molar-refractivity contribution in [1.82, 2.24) is 20.0 Å². The van der Waals surface area contributed by atoms with Crippen molar-refractivity contribution in [2.45, 2.75) is 13.5 Å². The molecule has 4 rings (SSSR count). The number of urea groups is 1. The van der Waals surface area contributed by atoms with Crippen LogP contribution in [0.4, 0.5) is 10.5 Å². The molecular weight excluding hydrogens is 462 g/mol. The Balaban J connectivity index is 1.22. The monoisotopic (exact) mass is 493 g/mol. The maximum absolute atomic E-state index is 12.4. The van der Waals surface area contributed by atoms with Gasteiger partial charge in [0, 0.05) is 38.1 Å². The van der Waals surface area contributed by atoms with Crippen molar-refractivity contribution in [3.8, 4) is 11.4 Å². The van der Waals surface area contributed by atoms with E-state index in [0.717, 1.165) is 49.8 Å². The van der Waals surface area contributed by atoms with Crippen LogP contribution in [0.5, 0.6) is 5.75 Å². The number of nitrogens with one attached hydrogen (secondary N) is 2. The van der Waals surface area contributed by atoms with E-state index < -0.39 is 5.97 Å². The van der Waals surface area contributed by atoms with Gasteiger partial charge in [-0.3, -0.25) is 4.90 Å². The molecule has 36 heavy (non-hydrogen) atoms. The number of morpholine rings is 1. The number of ether oxygens (including phenoxy) is 3. The van der Waals surface area contributed by atoms with Gasteiger partial charge in [-0.25, -0.2) is 14.3 Å². The first kappa shape index (κ1) is 25.2. The molecule has 1 fully saturated rings. The lowest BCUT2D eigenvalue weighted by molar-refractivity contribution is 0.0322. The van der Waals surface area contributed by atoms with Crippen LogP contribution in [0.1, 0.15) is 23.0 Å². The number of carbonyl (C=O) groups excluding carboxylic acids is 2. The third kappa shape index (κ3) is 7.30. The number of esters is 1. The van der Waals surface area contributed by atoms with E-state index in [0.29, 0.717) is 25.4 Å². The molecule has 3 aromatic rings. The van der Waals surface area contributed by atoms with Gasteiger partial charge in [0.25, 0.3) is 0 Å². The van der Waals surface area contributed by atoms with Gasteiger partial charge < -0.3 is 24.8 Å². The zero-order chi connectivity index (χ0) is 25.2. The van der Waals surface area contributed by atoms with Crippen LogP contribution in [-0.4, -0.2) is 72.7 Å². The molecule has 2 heterocycles. The zero-order valence-corrected chi connectivity index (χ0v) is 20.3. The van der Waals surface area contributed by atoms with E-state index in [4.69, 9.17) is 14.2 Å². The van der Waals surface area contributed by atoms with Gasteiger partial charge in [-0.05, 0) is 55.0 Å². The van der Waals surface area contributed by atoms with Crippen LogP contribution in [0.2, 0.25) is 0 Å². The summed E-state index contributed by atoms with van der Waals surface area (Å²) < 4.78 is 17.8. The average molecular weight is 494 g/mol. The molecular formula is C26H31N5O5. The normalized spacial score (nSPS) is 13.7. The summed E-state index contributed by atoms with van der Waals surface area (Å²) in [6.45, 7) is 7.30. The van der Waals surface area contributed by atoms with Gasteiger partial charge in [-0.1, -0.05) is 12.1 Å². The van der Waals surface area contributed by atoms with Crippen LogP contribution < -0.4 is 15.4 Å². The topological polar surface area (TPSA) is 107 Å². The summed E-state index contributed by atoms with van der Waals surface area (Å²) >= 11 is 0. The Bertz CT molecular complexity index is 1140. The fraction of sp³-hybridized carbons (Fsp3) is 0.346. The lowest BCUT2D eigenvalue weighted by atomic mass is 10.2. The Hall–Kier alpha value is -3.89. The SMILES string of the molecule is CCOC(=O)c1ccn(-c2ccc(NC(=O)NCc3cccc(OCCN4CCOCC4)c3)cc2)n1. The van der Waals surface area contributed by atoms with Crippen LogP contribution in [0, 0.1) is 0 Å². The second-order valence-electron chi connectivity index (χ2n) is 8.17. The molecule has 10 heteroatoms. The van der Waals surface area contributed by atoms with Crippen molar-refractivity contribution in [2.24, 2.45) is 0 Å². The highest BCUT2D eigenvalue weighted by Crippen LogP contribution is 2.15. The predicted molar refractivity (Wildman–Crippen MR) is 135 cm³/mol. The molecule has 1 saturated heterocycles. The highest BCUT2D eigenvalue weighted by Gasteiger charge is 2.12. The number of anilines is 1. The smallest absolute Gasteiger partial charge is 0.358 e. The van der Waals surface area contributed by atoms with Crippen LogP contribution >= 0.6 is 0 Å². The quantitative estimate of drug-likeness (QED) is 0.418. The van der Waals surface area contributed by atoms with Gasteiger partial charge in [0.1, 0.15) is 12.4 Å². The Morgan fingerprint density at radius 3 is 2.67 bits per heavy atom. The minimum Gasteiger partial charge on any atom is -0.492 e. The van der Waals surface area contributed by atoms with Crippen LogP contribution in [0.25, 0.3) is 5.69 Å². The molecule has 1 aliphatic heterocycles. The number of hydrogen-bond donors (Lipinski definition) is 2. The molecule has 1 aromatic heterocycles. The first-order valence-electron chi connectivity index (χ1n) is 12.0. The summed E-state index contributed by atoms with van der Waals surface area (Å²) in [7, 11) is 0. The number of amides is 2. The molecule has 10 nitrogen and oxygen atoms in total. The summed E-state index contributed by atoms with van der Waals surface area (Å²) in [6.07, 6.45) is 1.68. The summed E-state index contributed by atoms with van der Waals surface area (Å²) in [5.74, 6) is 0.319. The summed E-state index contributed by atoms with van der Waals surface area (Å²) in [5.41, 5.74) is 2.57. The Kier molecular flexibility index (Phi) is 8.90. The standard InChI is InChI=1S/C26H31N5O5/c1-2-35-25(32)24-10-11-31(29-24)22-8-6-21(7-9-22)28-26(33)27-19-20-4-3-5-23(18-20)36-17-14-30-12-15-34-16-13-30/h3-11,18H,2,12-17,19H2,1H3,(H2,27,28,33). The van der Waals surface area contributed by atoms with Crippen LogP contribution in [0.3, 0.4) is 0 Å². The number of benzene rings is 2. The summed E-state index contributed by atoms with van der Waals surface area (Å²) in [6, 6.07) is 16.1. The Morgan fingerprint density at radius 1 is 1.08 bits per heavy atom. The van der Waals surface area contributed by atoms with E-state index in [2.05, 4.69) is 20.6 Å². The minimum atomic E-state index is -0.462. The van der Waals surface area contributed by atoms with E-state index in [-0.39, 0.29) is 11.7 Å². The molecule has 0 saturated carbocycles. The second-order valence-corrected chi connectivity index (χ2v) is 8.17. The predicted octanol–water partition coefficient (Wildman–Crippen LogP) is 3.08. The van der Waals surface area contributed by atoms with E-state index in [1.807, 2.05) is 24.3 Å². The van der Waals surface area contributed by atoms with Gasteiger partial charge in [-0.15, -0.1) is 0 Å². The number of aromatic nitrogens is 2. The van der Waals surface area contributed by atoms with Crippen molar-refractivity contribution in [1.29, 1.82) is 0 Å². The first-order chi connectivity index (χ1) is 17.6. The van der Waals surface area contributed by atoms with Crippen LogP contribution in [0.15, 0.2) is 60.8 Å². The lowest BCUT2D eigenvalue weighted by Gasteiger charge is -2.26. The fourth-order valence-corrected chi connectivity index (χ4v) is 3.70. The van der Waals surface area contributed by atoms with Crippen molar-refractivity contribution >= 4 is 17.7 Å². The average Bonchev–Trinajstić information content (AvgIpc) is 3.40. The fourth-order valence-electron chi connectivity index (χ4n) is 3.70. The van der Waals surface area contributed by atoms with Crippen molar-refractivity contribution in [2.75, 3.05) is 51.4 Å². The van der Waals surface area contributed by atoms with E-state index in [9.17, 15) is 9.59 Å². The maximum Gasteiger partial charge on any atom is 0.358 e. The number of nitrogens with zero attached hydrogens (tertiary/aromatic N) is 3. The summed E-state index contributed by atoms with van der Waals surface area (Å²) in [4.78, 5) is 26.5. The number of rotatable bonds is 10. The lowest BCUT2D eigenvalue weighted by Crippen LogP contribution is -2.38. The molecule has 0 unspecified atom stereocenters. The molecule has 0 atom stereocenters. The van der Waals surface area contributed by atoms with E-state index in [1.54, 1.807) is 48.1 Å². The van der Waals surface area contributed by atoms with Crippen molar-refractivity contribution in [3.63, 3.8) is 0 Å². The molecule has 190 valence electrons. The third-order valence-corrected chi connectivity index (χ3v) is 5.59. The highest BCUT2D eigenvalue weighted by atomic mass is 16.5. The molecule has 0 radical (unpaired) electrons. The molecule has 0 aliphatic carbocycles. The number of carbonyl (C=O) groups is 2. The van der Waals surface area contributed by atoms with Crippen molar-refractivity contribution < 1.29 is 23.8 Å². The number of hydrogen-bond acceptors (Lipinski definition) is 7. The minimum absolute atomic E-state index is 0.241. The zero-order valence-electron chi connectivity index (χ0n) is 20.3. The van der Waals surface area contributed by atoms with E-state index in [1.165, 1.54) is 0 Å². The molecule has 0 bridgehead atoms. The molecule has 2 aromatic carbocycles. The Morgan fingerprint density at radius 2 is 1.89 bits per heavy atom. The van der Waals surface area contributed by atoms with Gasteiger partial charge in [0.15, 0.2) is 5.69 Å². The molecule has 2 amide bonds. The van der Waals surface area contributed by atoms with Gasteiger partial charge >= 0.3 is 12.0 Å². The molecule has 0 spiro atoms. The third-order valence-electron chi connectivity index (χ3n) is 5.59. The molecule has 2 N–H and O–H groups in total. The van der Waals surface area contributed by atoms with E-state index >= 15 is 0 Å². The van der Waals surface area contributed by atoms with Gasteiger partial charge in [0.2, 0.25) is 0 Å². The highest BCUT2D eigenvalue weighted by molar-refractivity contribution is 5.89. The van der Waals surface area contributed by atoms with Crippen LogP contribution in [-0.2, 0) is 16.0 Å². The molecule has 1 aliphatic rings.